The van der Waals surface area contributed by atoms with Crippen molar-refractivity contribution in [2.24, 2.45) is 0 Å². The van der Waals surface area contributed by atoms with Gasteiger partial charge in [-0.3, -0.25) is 15.0 Å². The minimum Gasteiger partial charge on any atom is -0.338 e. The van der Waals surface area contributed by atoms with E-state index in [-0.39, 0.29) is 18.5 Å². The fourth-order valence-electron chi connectivity index (χ4n) is 2.38. The van der Waals surface area contributed by atoms with Crippen LogP contribution in [0.4, 0.5) is 4.79 Å². The van der Waals surface area contributed by atoms with Crippen molar-refractivity contribution in [3.8, 4) is 0 Å². The van der Waals surface area contributed by atoms with Gasteiger partial charge in [-0.05, 0) is 40.2 Å². The third-order valence-electron chi connectivity index (χ3n) is 3.53. The van der Waals surface area contributed by atoms with Crippen LogP contribution in [0.15, 0.2) is 0 Å². The molecule has 1 saturated heterocycles. The van der Waals surface area contributed by atoms with Crippen LogP contribution in [0.3, 0.4) is 0 Å². The van der Waals surface area contributed by atoms with E-state index in [9.17, 15) is 9.59 Å². The molecule has 1 atom stereocenters. The molecule has 1 rings (SSSR count). The highest BCUT2D eigenvalue weighted by Gasteiger charge is 2.21. The molecule has 3 amide bonds. The molecule has 0 bridgehead atoms. The summed E-state index contributed by atoms with van der Waals surface area (Å²) in [6.07, 6.45) is 3.63. The largest absolute Gasteiger partial charge is 0.338 e. The lowest BCUT2D eigenvalue weighted by Crippen LogP contribution is -2.50. The van der Waals surface area contributed by atoms with Crippen LogP contribution < -0.4 is 16.0 Å². The van der Waals surface area contributed by atoms with E-state index >= 15 is 0 Å². The zero-order valence-corrected chi connectivity index (χ0v) is 12.9. The maximum atomic E-state index is 11.9. The molecule has 1 heterocycles. The number of amides is 3. The van der Waals surface area contributed by atoms with E-state index < -0.39 is 6.03 Å². The standard InChI is InChI=1S/C14H28N4O2/c1-4-15-14(20)17-13(19)10-18(11(2)3)9-12-7-5-6-8-16-12/h11-12,16H,4-10H2,1-3H3,(H2,15,17,19,20). The second-order valence-electron chi connectivity index (χ2n) is 5.58. The molecule has 0 aromatic rings. The number of hydrogen-bond donors (Lipinski definition) is 3. The number of piperidine rings is 1. The van der Waals surface area contributed by atoms with Crippen molar-refractivity contribution in [1.82, 2.24) is 20.9 Å². The van der Waals surface area contributed by atoms with Gasteiger partial charge in [0, 0.05) is 25.2 Å². The fraction of sp³-hybridized carbons (Fsp3) is 0.857. The van der Waals surface area contributed by atoms with Crippen molar-refractivity contribution in [2.45, 2.75) is 52.1 Å². The zero-order chi connectivity index (χ0) is 15.0. The molecule has 6 nitrogen and oxygen atoms in total. The Labute approximate surface area is 121 Å². The first-order valence-corrected chi connectivity index (χ1v) is 7.58. The summed E-state index contributed by atoms with van der Waals surface area (Å²) in [5, 5.41) is 8.40. The first-order valence-electron chi connectivity index (χ1n) is 7.58. The molecule has 6 heteroatoms. The lowest BCUT2D eigenvalue weighted by molar-refractivity contribution is -0.121. The highest BCUT2D eigenvalue weighted by atomic mass is 16.2. The van der Waals surface area contributed by atoms with E-state index in [1.54, 1.807) is 0 Å². The van der Waals surface area contributed by atoms with Gasteiger partial charge in [0.25, 0.3) is 0 Å². The molecular formula is C14H28N4O2. The summed E-state index contributed by atoms with van der Waals surface area (Å²) >= 11 is 0. The van der Waals surface area contributed by atoms with Gasteiger partial charge in [-0.15, -0.1) is 0 Å². The lowest BCUT2D eigenvalue weighted by atomic mass is 10.0. The normalized spacial score (nSPS) is 19.1. The monoisotopic (exact) mass is 284 g/mol. The van der Waals surface area contributed by atoms with Crippen molar-refractivity contribution in [3.05, 3.63) is 0 Å². The second kappa shape index (κ2) is 8.92. The van der Waals surface area contributed by atoms with Crippen LogP contribution in [-0.2, 0) is 4.79 Å². The summed E-state index contributed by atoms with van der Waals surface area (Å²) in [5.74, 6) is -0.250. The lowest BCUT2D eigenvalue weighted by Gasteiger charge is -2.32. The van der Waals surface area contributed by atoms with Gasteiger partial charge in [-0.2, -0.15) is 0 Å². The highest BCUT2D eigenvalue weighted by Crippen LogP contribution is 2.10. The van der Waals surface area contributed by atoms with Crippen molar-refractivity contribution in [2.75, 3.05) is 26.2 Å². The SMILES string of the molecule is CCNC(=O)NC(=O)CN(CC1CCCCN1)C(C)C. The number of nitrogens with one attached hydrogen (secondary N) is 3. The predicted molar refractivity (Wildman–Crippen MR) is 79.6 cm³/mol. The van der Waals surface area contributed by atoms with Crippen LogP contribution in [-0.4, -0.2) is 55.1 Å². The summed E-state index contributed by atoms with van der Waals surface area (Å²) in [4.78, 5) is 25.3. The molecule has 0 saturated carbocycles. The average Bonchev–Trinajstić information content (AvgIpc) is 2.39. The third-order valence-corrected chi connectivity index (χ3v) is 3.53. The Kier molecular flexibility index (Phi) is 7.54. The van der Waals surface area contributed by atoms with E-state index in [2.05, 4.69) is 34.7 Å². The molecule has 0 radical (unpaired) electrons. The van der Waals surface area contributed by atoms with Crippen molar-refractivity contribution < 1.29 is 9.59 Å². The van der Waals surface area contributed by atoms with E-state index in [1.165, 1.54) is 12.8 Å². The van der Waals surface area contributed by atoms with Gasteiger partial charge in [-0.1, -0.05) is 6.42 Å². The number of nitrogens with zero attached hydrogens (tertiary/aromatic N) is 1. The van der Waals surface area contributed by atoms with Crippen molar-refractivity contribution in [1.29, 1.82) is 0 Å². The molecular weight excluding hydrogens is 256 g/mol. The Bertz CT molecular complexity index is 314. The topological polar surface area (TPSA) is 73.5 Å². The van der Waals surface area contributed by atoms with Gasteiger partial charge in [-0.25, -0.2) is 4.79 Å². The van der Waals surface area contributed by atoms with E-state index in [0.29, 0.717) is 12.6 Å². The van der Waals surface area contributed by atoms with Gasteiger partial charge in [0.1, 0.15) is 0 Å². The number of imide groups is 1. The maximum absolute atomic E-state index is 11.9. The van der Waals surface area contributed by atoms with E-state index in [0.717, 1.165) is 19.5 Å². The number of hydrogen-bond acceptors (Lipinski definition) is 4. The minimum atomic E-state index is -0.419. The van der Waals surface area contributed by atoms with Crippen LogP contribution in [0.1, 0.15) is 40.0 Å². The zero-order valence-electron chi connectivity index (χ0n) is 12.9. The average molecular weight is 284 g/mol. The Hall–Kier alpha value is -1.14. The van der Waals surface area contributed by atoms with Crippen LogP contribution in [0.25, 0.3) is 0 Å². The summed E-state index contributed by atoms with van der Waals surface area (Å²) < 4.78 is 0. The van der Waals surface area contributed by atoms with Crippen LogP contribution in [0.5, 0.6) is 0 Å². The van der Waals surface area contributed by atoms with E-state index in [4.69, 9.17) is 0 Å². The van der Waals surface area contributed by atoms with Gasteiger partial charge < -0.3 is 10.6 Å². The molecule has 0 aromatic heterocycles. The van der Waals surface area contributed by atoms with Gasteiger partial charge >= 0.3 is 6.03 Å². The predicted octanol–water partition coefficient (Wildman–Crippen LogP) is 0.685. The number of carbonyl (C=O) groups excluding carboxylic acids is 2. The molecule has 3 N–H and O–H groups in total. The summed E-state index contributed by atoms with van der Waals surface area (Å²) in [5.41, 5.74) is 0. The Morgan fingerprint density at radius 3 is 2.65 bits per heavy atom. The molecule has 1 aliphatic heterocycles. The molecule has 1 unspecified atom stereocenters. The molecule has 20 heavy (non-hydrogen) atoms. The smallest absolute Gasteiger partial charge is 0.321 e. The van der Waals surface area contributed by atoms with Crippen LogP contribution in [0.2, 0.25) is 0 Å². The first-order chi connectivity index (χ1) is 9.52. The summed E-state index contributed by atoms with van der Waals surface area (Å²) in [6, 6.07) is 0.305. The van der Waals surface area contributed by atoms with Gasteiger partial charge in [0.05, 0.1) is 6.54 Å². The van der Waals surface area contributed by atoms with Crippen molar-refractivity contribution >= 4 is 11.9 Å². The number of rotatable bonds is 6. The van der Waals surface area contributed by atoms with Gasteiger partial charge in [0.15, 0.2) is 0 Å². The Morgan fingerprint density at radius 2 is 2.10 bits per heavy atom. The molecule has 0 spiro atoms. The first kappa shape index (κ1) is 16.9. The van der Waals surface area contributed by atoms with Crippen molar-refractivity contribution in [3.63, 3.8) is 0 Å². The minimum absolute atomic E-state index is 0.250. The van der Waals surface area contributed by atoms with Crippen LogP contribution in [0, 0.1) is 0 Å². The van der Waals surface area contributed by atoms with E-state index in [1.807, 2.05) is 6.92 Å². The maximum Gasteiger partial charge on any atom is 0.321 e. The number of urea groups is 1. The van der Waals surface area contributed by atoms with Crippen LogP contribution >= 0.6 is 0 Å². The molecule has 116 valence electrons. The fourth-order valence-corrected chi connectivity index (χ4v) is 2.38. The third kappa shape index (κ3) is 6.34. The van der Waals surface area contributed by atoms with Gasteiger partial charge in [0.2, 0.25) is 5.91 Å². The quantitative estimate of drug-likeness (QED) is 0.671. The molecule has 0 aromatic carbocycles. The number of carbonyl (C=O) groups is 2. The Balaban J connectivity index is 2.41. The summed E-state index contributed by atoms with van der Waals surface area (Å²) in [6.45, 7) is 8.64. The molecule has 1 fully saturated rings. The second-order valence-corrected chi connectivity index (χ2v) is 5.58. The highest BCUT2D eigenvalue weighted by molar-refractivity contribution is 5.95. The molecule has 0 aliphatic carbocycles. The Morgan fingerprint density at radius 1 is 1.35 bits per heavy atom. The molecule has 1 aliphatic rings. The summed E-state index contributed by atoms with van der Waals surface area (Å²) in [7, 11) is 0.